The summed E-state index contributed by atoms with van der Waals surface area (Å²) in [6.07, 6.45) is 0.276. The predicted molar refractivity (Wildman–Crippen MR) is 87.1 cm³/mol. The van der Waals surface area contributed by atoms with E-state index in [0.29, 0.717) is 18.4 Å². The van der Waals surface area contributed by atoms with Gasteiger partial charge in [-0.1, -0.05) is 38.1 Å². The highest BCUT2D eigenvalue weighted by Crippen LogP contribution is 2.45. The molecule has 1 amide bonds. The molecular weight excluding hydrogens is 294 g/mol. The van der Waals surface area contributed by atoms with Gasteiger partial charge < -0.3 is 14.8 Å². The van der Waals surface area contributed by atoms with Crippen LogP contribution < -0.4 is 5.32 Å². The second-order valence-corrected chi connectivity index (χ2v) is 6.09. The van der Waals surface area contributed by atoms with Gasteiger partial charge >= 0.3 is 12.1 Å². The lowest BCUT2D eigenvalue weighted by molar-refractivity contribution is -0.149. The zero-order valence-corrected chi connectivity index (χ0v) is 14.0. The van der Waals surface area contributed by atoms with Crippen LogP contribution in [-0.2, 0) is 14.3 Å². The number of carbonyl (C=O) groups is 2. The molecule has 0 unspecified atom stereocenters. The molecule has 0 aliphatic heterocycles. The lowest BCUT2D eigenvalue weighted by Gasteiger charge is -2.16. The molecule has 1 aromatic carbocycles. The van der Waals surface area contributed by atoms with E-state index in [4.69, 9.17) is 9.47 Å². The molecule has 2 rings (SSSR count). The van der Waals surface area contributed by atoms with Crippen molar-refractivity contribution in [1.82, 2.24) is 5.32 Å². The third-order valence-corrected chi connectivity index (χ3v) is 4.16. The van der Waals surface area contributed by atoms with Gasteiger partial charge in [-0.2, -0.15) is 0 Å². The van der Waals surface area contributed by atoms with Crippen LogP contribution in [0.1, 0.15) is 56.8 Å². The largest absolute Gasteiger partial charge is 0.457 e. The quantitative estimate of drug-likeness (QED) is 0.814. The summed E-state index contributed by atoms with van der Waals surface area (Å²) >= 11 is 0. The summed E-state index contributed by atoms with van der Waals surface area (Å²) in [5.41, 5.74) is 2.39. The number of ether oxygens (including phenoxy) is 2. The topological polar surface area (TPSA) is 64.6 Å². The second kappa shape index (κ2) is 7.99. The van der Waals surface area contributed by atoms with Crippen LogP contribution in [0.3, 0.4) is 0 Å². The molecule has 2 atom stereocenters. The number of amides is 1. The van der Waals surface area contributed by atoms with Crippen molar-refractivity contribution in [3.8, 4) is 0 Å². The van der Waals surface area contributed by atoms with Gasteiger partial charge in [0.25, 0.3) is 0 Å². The smallest absolute Gasteiger partial charge is 0.407 e. The maximum Gasteiger partial charge on any atom is 0.407 e. The molecule has 0 bridgehead atoms. The van der Waals surface area contributed by atoms with E-state index in [0.717, 1.165) is 12.0 Å². The van der Waals surface area contributed by atoms with E-state index >= 15 is 0 Å². The molecule has 0 saturated heterocycles. The molecule has 0 radical (unpaired) electrons. The van der Waals surface area contributed by atoms with Crippen molar-refractivity contribution < 1.29 is 19.1 Å². The monoisotopic (exact) mass is 319 g/mol. The molecular formula is C18H25NO4. The summed E-state index contributed by atoms with van der Waals surface area (Å²) in [4.78, 5) is 23.2. The Bertz CT molecular complexity index is 556. The summed E-state index contributed by atoms with van der Waals surface area (Å²) in [7, 11) is 0. The van der Waals surface area contributed by atoms with Crippen LogP contribution in [0.25, 0.3) is 0 Å². The SMILES string of the molecule is CCOC(=O)NCCC(=O)O[C@@H]1C[C@@H](C(C)C)c2ccccc21. The molecule has 1 aromatic rings. The van der Waals surface area contributed by atoms with Gasteiger partial charge in [0.1, 0.15) is 6.10 Å². The number of rotatable bonds is 6. The predicted octanol–water partition coefficient (Wildman–Crippen LogP) is 3.55. The van der Waals surface area contributed by atoms with Gasteiger partial charge in [0, 0.05) is 6.54 Å². The Morgan fingerprint density at radius 2 is 1.96 bits per heavy atom. The van der Waals surface area contributed by atoms with E-state index in [1.165, 1.54) is 5.56 Å². The first-order valence-corrected chi connectivity index (χ1v) is 8.21. The minimum Gasteiger partial charge on any atom is -0.457 e. The summed E-state index contributed by atoms with van der Waals surface area (Å²) < 4.78 is 10.4. The van der Waals surface area contributed by atoms with Crippen molar-refractivity contribution in [2.45, 2.75) is 45.6 Å². The van der Waals surface area contributed by atoms with Crippen molar-refractivity contribution in [3.63, 3.8) is 0 Å². The number of nitrogens with one attached hydrogen (secondary N) is 1. The average Bonchev–Trinajstić information content (AvgIpc) is 2.87. The third kappa shape index (κ3) is 4.47. The lowest BCUT2D eigenvalue weighted by atomic mass is 9.90. The average molecular weight is 319 g/mol. The van der Waals surface area contributed by atoms with E-state index in [2.05, 4.69) is 25.2 Å². The minimum absolute atomic E-state index is 0.143. The van der Waals surface area contributed by atoms with E-state index in [-0.39, 0.29) is 25.0 Å². The van der Waals surface area contributed by atoms with Crippen LogP contribution in [0.15, 0.2) is 24.3 Å². The molecule has 0 heterocycles. The van der Waals surface area contributed by atoms with Gasteiger partial charge in [-0.05, 0) is 36.3 Å². The Labute approximate surface area is 137 Å². The zero-order valence-electron chi connectivity index (χ0n) is 14.0. The summed E-state index contributed by atoms with van der Waals surface area (Å²) in [5, 5.41) is 2.52. The number of fused-ring (bicyclic) bond motifs is 1. The summed E-state index contributed by atoms with van der Waals surface area (Å²) in [6, 6.07) is 8.16. The fourth-order valence-corrected chi connectivity index (χ4v) is 3.04. The van der Waals surface area contributed by atoms with Crippen LogP contribution in [0.2, 0.25) is 0 Å². The van der Waals surface area contributed by atoms with E-state index in [1.807, 2.05) is 18.2 Å². The summed E-state index contributed by atoms with van der Waals surface area (Å²) in [5.74, 6) is 0.623. The van der Waals surface area contributed by atoms with E-state index in [1.54, 1.807) is 6.92 Å². The normalized spacial score (nSPS) is 19.3. The summed E-state index contributed by atoms with van der Waals surface area (Å²) in [6.45, 7) is 6.64. The third-order valence-electron chi connectivity index (χ3n) is 4.16. The number of benzene rings is 1. The van der Waals surface area contributed by atoms with Crippen molar-refractivity contribution in [1.29, 1.82) is 0 Å². The van der Waals surface area contributed by atoms with Crippen LogP contribution in [0.4, 0.5) is 4.79 Å². The van der Waals surface area contributed by atoms with Gasteiger partial charge in [-0.15, -0.1) is 0 Å². The van der Waals surface area contributed by atoms with Crippen LogP contribution in [0, 0.1) is 5.92 Å². The van der Waals surface area contributed by atoms with Gasteiger partial charge in [-0.25, -0.2) is 4.79 Å². The molecule has 0 spiro atoms. The van der Waals surface area contributed by atoms with Gasteiger partial charge in [0.15, 0.2) is 0 Å². The Morgan fingerprint density at radius 1 is 1.26 bits per heavy atom. The number of hydrogen-bond donors (Lipinski definition) is 1. The van der Waals surface area contributed by atoms with Crippen LogP contribution in [-0.4, -0.2) is 25.2 Å². The Balaban J connectivity index is 1.88. The van der Waals surface area contributed by atoms with Gasteiger partial charge in [0.2, 0.25) is 0 Å². The van der Waals surface area contributed by atoms with Crippen molar-refractivity contribution in [3.05, 3.63) is 35.4 Å². The molecule has 0 saturated carbocycles. The highest BCUT2D eigenvalue weighted by molar-refractivity contribution is 5.72. The highest BCUT2D eigenvalue weighted by Gasteiger charge is 2.34. The standard InChI is InChI=1S/C18H25NO4/c1-4-22-18(21)19-10-9-17(20)23-16-11-15(12(2)3)13-7-5-6-8-14(13)16/h5-8,12,15-16H,4,9-11H2,1-3H3,(H,19,21)/t15-,16+/m0/s1. The van der Waals surface area contributed by atoms with Gasteiger partial charge in [0.05, 0.1) is 13.0 Å². The van der Waals surface area contributed by atoms with Crippen LogP contribution in [0.5, 0.6) is 0 Å². The lowest BCUT2D eigenvalue weighted by Crippen LogP contribution is -2.27. The molecule has 5 heteroatoms. The first-order chi connectivity index (χ1) is 11.0. The Hall–Kier alpha value is -2.04. The van der Waals surface area contributed by atoms with Crippen molar-refractivity contribution in [2.75, 3.05) is 13.2 Å². The highest BCUT2D eigenvalue weighted by atomic mass is 16.6. The Kier molecular flexibility index (Phi) is 6.02. The molecule has 0 aromatic heterocycles. The first kappa shape index (κ1) is 17.3. The van der Waals surface area contributed by atoms with Gasteiger partial charge in [-0.3, -0.25) is 4.79 Å². The van der Waals surface area contributed by atoms with Crippen molar-refractivity contribution >= 4 is 12.1 Å². The second-order valence-electron chi connectivity index (χ2n) is 6.09. The molecule has 1 aliphatic carbocycles. The molecule has 5 nitrogen and oxygen atoms in total. The molecule has 1 aliphatic rings. The zero-order chi connectivity index (χ0) is 16.8. The fourth-order valence-electron chi connectivity index (χ4n) is 3.04. The molecule has 1 N–H and O–H groups in total. The maximum atomic E-state index is 12.0. The first-order valence-electron chi connectivity index (χ1n) is 8.21. The number of esters is 1. The Morgan fingerprint density at radius 3 is 2.61 bits per heavy atom. The minimum atomic E-state index is -0.508. The maximum absolute atomic E-state index is 12.0. The molecule has 23 heavy (non-hydrogen) atoms. The van der Waals surface area contributed by atoms with E-state index < -0.39 is 6.09 Å². The number of hydrogen-bond acceptors (Lipinski definition) is 4. The fraction of sp³-hybridized carbons (Fsp3) is 0.556. The molecule has 126 valence electrons. The van der Waals surface area contributed by atoms with E-state index in [9.17, 15) is 9.59 Å². The molecule has 0 fully saturated rings. The van der Waals surface area contributed by atoms with Crippen LogP contribution >= 0.6 is 0 Å². The van der Waals surface area contributed by atoms with Crippen molar-refractivity contribution in [2.24, 2.45) is 5.92 Å². The number of alkyl carbamates (subject to hydrolysis) is 1. The number of carbonyl (C=O) groups excluding carboxylic acids is 2.